The fourth-order valence-electron chi connectivity index (χ4n) is 2.93. The molecule has 0 aliphatic carbocycles. The van der Waals surface area contributed by atoms with E-state index >= 15 is 0 Å². The molecule has 25 heavy (non-hydrogen) atoms. The molecule has 3 aromatic rings. The average Bonchev–Trinajstić information content (AvgIpc) is 3.23. The zero-order valence-corrected chi connectivity index (χ0v) is 14.4. The van der Waals surface area contributed by atoms with Crippen molar-refractivity contribution in [2.75, 3.05) is 12.1 Å². The largest absolute Gasteiger partial charge is 0.454 e. The summed E-state index contributed by atoms with van der Waals surface area (Å²) in [7, 11) is 0. The van der Waals surface area contributed by atoms with Crippen molar-refractivity contribution < 1.29 is 9.47 Å². The normalized spacial score (nSPS) is 13.1. The molecule has 0 bridgehead atoms. The Kier molecular flexibility index (Phi) is 3.56. The molecule has 0 atom stereocenters. The van der Waals surface area contributed by atoms with Gasteiger partial charge in [-0.15, -0.1) is 5.10 Å². The molecule has 1 aliphatic rings. The monoisotopic (exact) mass is 337 g/mol. The fourth-order valence-corrected chi connectivity index (χ4v) is 2.93. The molecule has 128 valence electrons. The number of benzene rings is 2. The molecule has 0 fully saturated rings. The number of para-hydroxylation sites is 1. The second kappa shape index (κ2) is 5.77. The Labute approximate surface area is 145 Å². The van der Waals surface area contributed by atoms with Crippen LogP contribution < -0.4 is 14.8 Å². The van der Waals surface area contributed by atoms with Crippen LogP contribution in [0.15, 0.2) is 42.5 Å². The summed E-state index contributed by atoms with van der Waals surface area (Å²) in [5.41, 5.74) is 2.48. The van der Waals surface area contributed by atoms with Crippen LogP contribution in [0.3, 0.4) is 0 Å². The number of aromatic nitrogens is 4. The second-order valence-corrected chi connectivity index (χ2v) is 6.52. The van der Waals surface area contributed by atoms with E-state index in [4.69, 9.17) is 9.47 Å². The van der Waals surface area contributed by atoms with Gasteiger partial charge in [-0.05, 0) is 55.0 Å². The Morgan fingerprint density at radius 1 is 1.08 bits per heavy atom. The van der Waals surface area contributed by atoms with Crippen LogP contribution in [0.25, 0.3) is 5.69 Å². The molecule has 1 N–H and O–H groups in total. The van der Waals surface area contributed by atoms with Gasteiger partial charge in [-0.1, -0.05) is 18.2 Å². The van der Waals surface area contributed by atoms with Crippen LogP contribution in [0.2, 0.25) is 0 Å². The van der Waals surface area contributed by atoms with Crippen molar-refractivity contribution >= 4 is 5.69 Å². The lowest BCUT2D eigenvalue weighted by atomic mass is 10.0. The van der Waals surface area contributed by atoms with Gasteiger partial charge < -0.3 is 14.8 Å². The lowest BCUT2D eigenvalue weighted by molar-refractivity contribution is 0.174. The predicted octanol–water partition coefficient (Wildman–Crippen LogP) is 3.05. The summed E-state index contributed by atoms with van der Waals surface area (Å²) in [6.07, 6.45) is 0. The average molecular weight is 337 g/mol. The van der Waals surface area contributed by atoms with Crippen LogP contribution in [0, 0.1) is 6.92 Å². The predicted molar refractivity (Wildman–Crippen MR) is 93.1 cm³/mol. The standard InChI is InChI=1S/C18H19N5O2/c1-12-6-4-5-7-14(12)23-17(20-21-22-23)18(2,3)19-13-8-9-15-16(10-13)25-11-24-15/h4-10,19H,11H2,1-3H3. The number of rotatable bonds is 4. The number of fused-ring (bicyclic) bond motifs is 1. The summed E-state index contributed by atoms with van der Waals surface area (Å²) in [6.45, 7) is 6.38. The van der Waals surface area contributed by atoms with Crippen molar-refractivity contribution in [2.24, 2.45) is 0 Å². The van der Waals surface area contributed by atoms with Gasteiger partial charge >= 0.3 is 0 Å². The van der Waals surface area contributed by atoms with Crippen LogP contribution in [0.4, 0.5) is 5.69 Å². The quantitative estimate of drug-likeness (QED) is 0.789. The fraction of sp³-hybridized carbons (Fsp3) is 0.278. The molecule has 7 nitrogen and oxygen atoms in total. The molecule has 2 aromatic carbocycles. The summed E-state index contributed by atoms with van der Waals surface area (Å²) in [5, 5.41) is 15.8. The minimum Gasteiger partial charge on any atom is -0.454 e. The van der Waals surface area contributed by atoms with E-state index in [0.717, 1.165) is 34.3 Å². The van der Waals surface area contributed by atoms with Crippen LogP contribution in [-0.4, -0.2) is 27.0 Å². The van der Waals surface area contributed by atoms with E-state index < -0.39 is 5.54 Å². The van der Waals surface area contributed by atoms with Gasteiger partial charge in [-0.2, -0.15) is 4.68 Å². The molecular weight excluding hydrogens is 318 g/mol. The zero-order valence-electron chi connectivity index (χ0n) is 14.4. The van der Waals surface area contributed by atoms with Gasteiger partial charge in [0.2, 0.25) is 6.79 Å². The molecule has 2 heterocycles. The van der Waals surface area contributed by atoms with E-state index in [1.54, 1.807) is 4.68 Å². The van der Waals surface area contributed by atoms with Crippen molar-refractivity contribution in [3.8, 4) is 17.2 Å². The van der Waals surface area contributed by atoms with Crippen molar-refractivity contribution in [2.45, 2.75) is 26.3 Å². The number of hydrogen-bond acceptors (Lipinski definition) is 6. The van der Waals surface area contributed by atoms with E-state index in [-0.39, 0.29) is 6.79 Å². The first-order valence-corrected chi connectivity index (χ1v) is 8.07. The van der Waals surface area contributed by atoms with Gasteiger partial charge in [0.05, 0.1) is 11.2 Å². The number of tetrazole rings is 1. The SMILES string of the molecule is Cc1ccccc1-n1nnnc1C(C)(C)Nc1ccc2c(c1)OCO2. The van der Waals surface area contributed by atoms with Gasteiger partial charge in [0, 0.05) is 11.8 Å². The summed E-state index contributed by atoms with van der Waals surface area (Å²) in [6, 6.07) is 13.8. The molecule has 7 heteroatoms. The molecule has 0 saturated heterocycles. The summed E-state index contributed by atoms with van der Waals surface area (Å²) < 4.78 is 12.6. The van der Waals surface area contributed by atoms with Crippen LogP contribution in [0.5, 0.6) is 11.5 Å². The highest BCUT2D eigenvalue weighted by Gasteiger charge is 2.29. The Balaban J connectivity index is 1.67. The van der Waals surface area contributed by atoms with Crippen molar-refractivity contribution in [1.29, 1.82) is 0 Å². The first-order valence-electron chi connectivity index (χ1n) is 8.07. The third-order valence-electron chi connectivity index (χ3n) is 4.20. The number of hydrogen-bond donors (Lipinski definition) is 1. The number of ether oxygens (including phenoxy) is 2. The molecule has 0 unspecified atom stereocenters. The molecular formula is C18H19N5O2. The van der Waals surface area contributed by atoms with Crippen molar-refractivity contribution in [3.05, 3.63) is 53.9 Å². The molecule has 1 aliphatic heterocycles. The summed E-state index contributed by atoms with van der Waals surface area (Å²) >= 11 is 0. The molecule has 1 aromatic heterocycles. The maximum Gasteiger partial charge on any atom is 0.231 e. The Morgan fingerprint density at radius 3 is 2.72 bits per heavy atom. The molecule has 0 amide bonds. The van der Waals surface area contributed by atoms with Gasteiger partial charge in [-0.3, -0.25) is 0 Å². The first kappa shape index (κ1) is 15.4. The van der Waals surface area contributed by atoms with Gasteiger partial charge in [0.1, 0.15) is 0 Å². The molecule has 4 rings (SSSR count). The number of aryl methyl sites for hydroxylation is 1. The van der Waals surface area contributed by atoms with Crippen molar-refractivity contribution in [3.63, 3.8) is 0 Å². The Morgan fingerprint density at radius 2 is 1.88 bits per heavy atom. The highest BCUT2D eigenvalue weighted by molar-refractivity contribution is 5.57. The highest BCUT2D eigenvalue weighted by atomic mass is 16.7. The third-order valence-corrected chi connectivity index (χ3v) is 4.20. The topological polar surface area (TPSA) is 74.1 Å². The number of nitrogens with zero attached hydrogens (tertiary/aromatic N) is 4. The van der Waals surface area contributed by atoms with Crippen LogP contribution in [0.1, 0.15) is 25.2 Å². The second-order valence-electron chi connectivity index (χ2n) is 6.52. The van der Waals surface area contributed by atoms with Gasteiger partial charge in [0.15, 0.2) is 17.3 Å². The molecule has 0 spiro atoms. The maximum atomic E-state index is 5.45. The zero-order chi connectivity index (χ0) is 17.4. The lowest BCUT2D eigenvalue weighted by Crippen LogP contribution is -2.32. The molecule has 0 radical (unpaired) electrons. The van der Waals surface area contributed by atoms with E-state index in [9.17, 15) is 0 Å². The van der Waals surface area contributed by atoms with Crippen LogP contribution in [-0.2, 0) is 5.54 Å². The Bertz CT molecular complexity index is 919. The van der Waals surface area contributed by atoms with E-state index in [1.807, 2.05) is 63.2 Å². The van der Waals surface area contributed by atoms with E-state index in [0.29, 0.717) is 0 Å². The first-order chi connectivity index (χ1) is 12.0. The number of anilines is 1. The van der Waals surface area contributed by atoms with Gasteiger partial charge in [0.25, 0.3) is 0 Å². The third kappa shape index (κ3) is 2.77. The van der Waals surface area contributed by atoms with E-state index in [2.05, 4.69) is 20.8 Å². The van der Waals surface area contributed by atoms with Crippen molar-refractivity contribution in [1.82, 2.24) is 20.2 Å². The minimum absolute atomic E-state index is 0.258. The lowest BCUT2D eigenvalue weighted by Gasteiger charge is -2.26. The number of nitrogens with one attached hydrogen (secondary N) is 1. The molecule has 0 saturated carbocycles. The minimum atomic E-state index is -0.501. The highest BCUT2D eigenvalue weighted by Crippen LogP contribution is 2.36. The Hall–Kier alpha value is -3.09. The van der Waals surface area contributed by atoms with Gasteiger partial charge in [-0.25, -0.2) is 0 Å². The smallest absolute Gasteiger partial charge is 0.231 e. The summed E-state index contributed by atoms with van der Waals surface area (Å²) in [5.74, 6) is 2.21. The van der Waals surface area contributed by atoms with E-state index in [1.165, 1.54) is 0 Å². The van der Waals surface area contributed by atoms with Crippen LogP contribution >= 0.6 is 0 Å². The summed E-state index contributed by atoms with van der Waals surface area (Å²) in [4.78, 5) is 0. The maximum absolute atomic E-state index is 5.45.